The summed E-state index contributed by atoms with van der Waals surface area (Å²) in [6, 6.07) is 15.6. The number of sulfonamides is 1. The largest absolute Gasteiger partial charge is 0.325 e. The van der Waals surface area contributed by atoms with Crippen molar-refractivity contribution in [3.8, 4) is 0 Å². The minimum atomic E-state index is -3.60. The molecule has 6 rings (SSSR count). The van der Waals surface area contributed by atoms with Gasteiger partial charge in [0.15, 0.2) is 0 Å². The highest BCUT2D eigenvalue weighted by Gasteiger charge is 2.51. The summed E-state index contributed by atoms with van der Waals surface area (Å²) in [7, 11) is -3.60. The van der Waals surface area contributed by atoms with Gasteiger partial charge < -0.3 is 5.32 Å². The van der Waals surface area contributed by atoms with Gasteiger partial charge in [-0.05, 0) is 104 Å². The molecule has 1 amide bonds. The second kappa shape index (κ2) is 8.46. The van der Waals surface area contributed by atoms with Crippen LogP contribution in [0.15, 0.2) is 48.5 Å². The third-order valence-electron chi connectivity index (χ3n) is 8.14. The van der Waals surface area contributed by atoms with E-state index in [-0.39, 0.29) is 17.9 Å². The number of nitrogens with one attached hydrogen (secondary N) is 1. The molecule has 0 spiro atoms. The molecule has 0 radical (unpaired) electrons. The molecule has 0 heterocycles. The Morgan fingerprint density at radius 3 is 1.97 bits per heavy atom. The van der Waals surface area contributed by atoms with E-state index >= 15 is 0 Å². The average molecular weight is 467 g/mol. The third-order valence-corrected chi connectivity index (χ3v) is 9.28. The summed E-state index contributed by atoms with van der Waals surface area (Å²) in [4.78, 5) is 12.7. The summed E-state index contributed by atoms with van der Waals surface area (Å²) in [5.41, 5.74) is 4.01. The Labute approximate surface area is 197 Å². The molecule has 0 aliphatic heterocycles. The Morgan fingerprint density at radius 2 is 1.48 bits per heavy atom. The maximum atomic E-state index is 12.7. The van der Waals surface area contributed by atoms with Crippen LogP contribution in [0.25, 0.3) is 0 Å². The number of carbonyl (C=O) groups excluding carboxylic acids is 1. The number of benzene rings is 2. The predicted molar refractivity (Wildman–Crippen MR) is 133 cm³/mol. The Bertz CT molecular complexity index is 1090. The minimum Gasteiger partial charge on any atom is -0.325 e. The predicted octanol–water partition coefficient (Wildman–Crippen LogP) is 5.12. The summed E-state index contributed by atoms with van der Waals surface area (Å²) in [5, 5.41) is 2.82. The van der Waals surface area contributed by atoms with Crippen molar-refractivity contribution >= 4 is 27.3 Å². The first-order valence-electron chi connectivity index (χ1n) is 12.2. The fraction of sp³-hybridized carbons (Fsp3) is 0.519. The molecule has 4 aliphatic carbocycles. The molecule has 4 saturated carbocycles. The fourth-order valence-electron chi connectivity index (χ4n) is 7.00. The average Bonchev–Trinajstić information content (AvgIpc) is 2.76. The highest BCUT2D eigenvalue weighted by Crippen LogP contribution is 2.60. The molecule has 176 valence electrons. The van der Waals surface area contributed by atoms with Gasteiger partial charge in [0.1, 0.15) is 6.54 Å². The summed E-state index contributed by atoms with van der Waals surface area (Å²) < 4.78 is 26.3. The van der Waals surface area contributed by atoms with Crippen LogP contribution in [0.2, 0.25) is 0 Å². The Balaban J connectivity index is 1.32. The highest BCUT2D eigenvalue weighted by atomic mass is 32.2. The van der Waals surface area contributed by atoms with E-state index in [1.165, 1.54) is 54.0 Å². The zero-order valence-electron chi connectivity index (χ0n) is 19.6. The second-order valence-electron chi connectivity index (χ2n) is 10.6. The molecular formula is C27H34N2O3S. The number of amides is 1. The van der Waals surface area contributed by atoms with Crippen LogP contribution in [0.3, 0.4) is 0 Å². The van der Waals surface area contributed by atoms with Gasteiger partial charge in [-0.15, -0.1) is 0 Å². The van der Waals surface area contributed by atoms with Crippen LogP contribution >= 0.6 is 0 Å². The number of nitrogens with zero attached hydrogens (tertiary/aromatic N) is 1. The van der Waals surface area contributed by atoms with Crippen molar-refractivity contribution in [2.45, 2.75) is 57.3 Å². The zero-order valence-corrected chi connectivity index (χ0v) is 20.4. The van der Waals surface area contributed by atoms with Gasteiger partial charge in [-0.25, -0.2) is 8.42 Å². The summed E-state index contributed by atoms with van der Waals surface area (Å²) in [6.45, 7) is 1.83. The molecule has 0 atom stereocenters. The van der Waals surface area contributed by atoms with Gasteiger partial charge >= 0.3 is 0 Å². The molecule has 0 unspecified atom stereocenters. The molecule has 2 aromatic carbocycles. The lowest BCUT2D eigenvalue weighted by Gasteiger charge is -2.57. The standard InChI is InChI=1S/C27H34N2O3S/c1-3-19-4-8-24(9-5-19)28-26(30)18-29(33(2,31)32)25-10-6-23(7-11-25)27-15-20-12-21(16-27)14-22(13-20)17-27/h4-11,20-22H,3,12-18H2,1-2H3,(H,28,30). The monoisotopic (exact) mass is 466 g/mol. The van der Waals surface area contributed by atoms with Crippen LogP contribution in [0.4, 0.5) is 11.4 Å². The first-order chi connectivity index (χ1) is 15.7. The van der Waals surface area contributed by atoms with E-state index in [0.717, 1.165) is 30.4 Å². The Kier molecular flexibility index (Phi) is 5.76. The van der Waals surface area contributed by atoms with Crippen molar-refractivity contribution < 1.29 is 13.2 Å². The van der Waals surface area contributed by atoms with E-state index in [2.05, 4.69) is 24.4 Å². The lowest BCUT2D eigenvalue weighted by atomic mass is 9.48. The van der Waals surface area contributed by atoms with Gasteiger partial charge in [-0.2, -0.15) is 0 Å². The van der Waals surface area contributed by atoms with Crippen LogP contribution < -0.4 is 9.62 Å². The molecule has 0 saturated heterocycles. The van der Waals surface area contributed by atoms with Crippen molar-refractivity contribution in [3.63, 3.8) is 0 Å². The van der Waals surface area contributed by atoms with E-state index in [1.54, 1.807) is 0 Å². The lowest BCUT2D eigenvalue weighted by molar-refractivity contribution is -0.114. The van der Waals surface area contributed by atoms with Gasteiger partial charge in [0.25, 0.3) is 0 Å². The van der Waals surface area contributed by atoms with Gasteiger partial charge in [0.2, 0.25) is 15.9 Å². The quantitative estimate of drug-likeness (QED) is 0.616. The molecule has 4 aliphatic rings. The number of aryl methyl sites for hydroxylation is 1. The molecule has 4 bridgehead atoms. The van der Waals surface area contributed by atoms with E-state index in [1.807, 2.05) is 36.4 Å². The van der Waals surface area contributed by atoms with Crippen molar-refractivity contribution in [1.82, 2.24) is 0 Å². The van der Waals surface area contributed by atoms with E-state index in [0.29, 0.717) is 11.4 Å². The summed E-state index contributed by atoms with van der Waals surface area (Å²) in [5.74, 6) is 2.23. The molecular weight excluding hydrogens is 432 g/mol. The minimum absolute atomic E-state index is 0.245. The maximum Gasteiger partial charge on any atom is 0.245 e. The van der Waals surface area contributed by atoms with Crippen LogP contribution in [0.1, 0.15) is 56.6 Å². The van der Waals surface area contributed by atoms with E-state index in [9.17, 15) is 13.2 Å². The van der Waals surface area contributed by atoms with Crippen LogP contribution in [-0.4, -0.2) is 27.1 Å². The molecule has 6 heteroatoms. The van der Waals surface area contributed by atoms with Crippen LogP contribution in [0, 0.1) is 17.8 Å². The van der Waals surface area contributed by atoms with E-state index < -0.39 is 10.0 Å². The molecule has 1 N–H and O–H groups in total. The molecule has 0 aromatic heterocycles. The molecule has 4 fully saturated rings. The first kappa shape index (κ1) is 22.5. The van der Waals surface area contributed by atoms with Gasteiger partial charge in [0.05, 0.1) is 11.9 Å². The number of carbonyl (C=O) groups is 1. The van der Waals surface area contributed by atoms with Crippen molar-refractivity contribution in [3.05, 3.63) is 59.7 Å². The maximum absolute atomic E-state index is 12.7. The van der Waals surface area contributed by atoms with Gasteiger partial charge in [-0.3, -0.25) is 9.10 Å². The fourth-order valence-corrected chi connectivity index (χ4v) is 7.86. The number of anilines is 2. The van der Waals surface area contributed by atoms with Crippen LogP contribution in [-0.2, 0) is 26.7 Å². The normalized spacial score (nSPS) is 28.0. The topological polar surface area (TPSA) is 66.5 Å². The number of rotatable bonds is 7. The molecule has 5 nitrogen and oxygen atoms in total. The first-order valence-corrected chi connectivity index (χ1v) is 14.1. The Morgan fingerprint density at radius 1 is 0.939 bits per heavy atom. The Hall–Kier alpha value is -2.34. The second-order valence-corrected chi connectivity index (χ2v) is 12.5. The van der Waals surface area contributed by atoms with Gasteiger partial charge in [0, 0.05) is 5.69 Å². The summed E-state index contributed by atoms with van der Waals surface area (Å²) >= 11 is 0. The third kappa shape index (κ3) is 4.54. The lowest BCUT2D eigenvalue weighted by Crippen LogP contribution is -2.48. The number of hydrogen-bond acceptors (Lipinski definition) is 3. The SMILES string of the molecule is CCc1ccc(NC(=O)CN(c2ccc(C34CC5CC(CC(C5)C3)C4)cc2)S(C)(=O)=O)cc1. The molecule has 33 heavy (non-hydrogen) atoms. The number of hydrogen-bond donors (Lipinski definition) is 1. The van der Waals surface area contributed by atoms with Crippen molar-refractivity contribution in [2.24, 2.45) is 17.8 Å². The zero-order chi connectivity index (χ0) is 23.2. The van der Waals surface area contributed by atoms with Crippen molar-refractivity contribution in [2.75, 3.05) is 22.4 Å². The van der Waals surface area contributed by atoms with E-state index in [4.69, 9.17) is 0 Å². The summed E-state index contributed by atoms with van der Waals surface area (Å²) in [6.07, 6.45) is 10.1. The van der Waals surface area contributed by atoms with Crippen molar-refractivity contribution in [1.29, 1.82) is 0 Å². The molecule has 2 aromatic rings. The smallest absolute Gasteiger partial charge is 0.245 e. The highest BCUT2D eigenvalue weighted by molar-refractivity contribution is 7.92. The van der Waals surface area contributed by atoms with Crippen LogP contribution in [0.5, 0.6) is 0 Å². The van der Waals surface area contributed by atoms with Gasteiger partial charge in [-0.1, -0.05) is 31.2 Å².